The number of non-ortho nitro benzene ring substituents is 1. The molecule has 0 spiro atoms. The van der Waals surface area contributed by atoms with E-state index in [2.05, 4.69) is 0 Å². The Kier molecular flexibility index (Phi) is 4.12. The summed E-state index contributed by atoms with van der Waals surface area (Å²) < 4.78 is 0. The lowest BCUT2D eigenvalue weighted by Gasteiger charge is -2.17. The van der Waals surface area contributed by atoms with Gasteiger partial charge in [0.15, 0.2) is 5.66 Å². The third kappa shape index (κ3) is 3.15. The molecule has 0 radical (unpaired) electrons. The SMILES string of the molecule is CC1(c2ccc([N+](=O)[O-])cc2)N=C(c2ccccc2)C(c2ccccc2)=N1. The maximum absolute atomic E-state index is 10.9. The Morgan fingerprint density at radius 2 is 1.19 bits per heavy atom. The molecule has 0 aliphatic carbocycles. The molecule has 0 N–H and O–H groups in total. The van der Waals surface area contributed by atoms with E-state index in [-0.39, 0.29) is 5.69 Å². The van der Waals surface area contributed by atoms with E-state index in [1.807, 2.05) is 67.6 Å². The van der Waals surface area contributed by atoms with Gasteiger partial charge in [0.25, 0.3) is 5.69 Å². The Bertz CT molecular complexity index is 984. The molecule has 27 heavy (non-hydrogen) atoms. The summed E-state index contributed by atoms with van der Waals surface area (Å²) in [5.41, 5.74) is 3.67. The summed E-state index contributed by atoms with van der Waals surface area (Å²) in [6.07, 6.45) is 0. The highest BCUT2D eigenvalue weighted by molar-refractivity contribution is 6.54. The van der Waals surface area contributed by atoms with Gasteiger partial charge in [0, 0.05) is 28.8 Å². The molecule has 0 fully saturated rings. The fourth-order valence-electron chi connectivity index (χ4n) is 3.19. The highest BCUT2D eigenvalue weighted by Gasteiger charge is 2.34. The average Bonchev–Trinajstić information content (AvgIpc) is 3.08. The van der Waals surface area contributed by atoms with Crippen LogP contribution in [0.25, 0.3) is 0 Å². The number of nitro groups is 1. The molecule has 5 heteroatoms. The van der Waals surface area contributed by atoms with Crippen LogP contribution in [0.4, 0.5) is 5.69 Å². The van der Waals surface area contributed by atoms with Crippen LogP contribution in [0.1, 0.15) is 23.6 Å². The van der Waals surface area contributed by atoms with E-state index >= 15 is 0 Å². The van der Waals surface area contributed by atoms with Crippen LogP contribution in [-0.4, -0.2) is 16.3 Å². The Hall–Kier alpha value is -3.60. The van der Waals surface area contributed by atoms with Crippen LogP contribution in [0.5, 0.6) is 0 Å². The first kappa shape index (κ1) is 16.8. The van der Waals surface area contributed by atoms with Gasteiger partial charge in [-0.25, -0.2) is 9.98 Å². The van der Waals surface area contributed by atoms with Crippen LogP contribution < -0.4 is 0 Å². The van der Waals surface area contributed by atoms with Crippen molar-refractivity contribution in [2.75, 3.05) is 0 Å². The molecule has 5 nitrogen and oxygen atoms in total. The second-order valence-corrected chi connectivity index (χ2v) is 6.48. The van der Waals surface area contributed by atoms with E-state index < -0.39 is 10.6 Å². The van der Waals surface area contributed by atoms with Crippen LogP contribution in [0.3, 0.4) is 0 Å². The number of nitrogens with zero attached hydrogens (tertiary/aromatic N) is 3. The van der Waals surface area contributed by atoms with Gasteiger partial charge in [0.2, 0.25) is 0 Å². The van der Waals surface area contributed by atoms with Crippen LogP contribution in [0.2, 0.25) is 0 Å². The molecule has 0 amide bonds. The van der Waals surface area contributed by atoms with E-state index in [0.29, 0.717) is 0 Å². The Labute approximate surface area is 156 Å². The van der Waals surface area contributed by atoms with Gasteiger partial charge in [0.1, 0.15) is 0 Å². The summed E-state index contributed by atoms with van der Waals surface area (Å²) in [6.45, 7) is 1.92. The van der Waals surface area contributed by atoms with Crippen molar-refractivity contribution < 1.29 is 4.92 Å². The number of rotatable bonds is 4. The highest BCUT2D eigenvalue weighted by Crippen LogP contribution is 2.35. The van der Waals surface area contributed by atoms with Gasteiger partial charge in [-0.1, -0.05) is 60.7 Å². The van der Waals surface area contributed by atoms with Gasteiger partial charge >= 0.3 is 0 Å². The number of hydrogen-bond acceptors (Lipinski definition) is 4. The molecule has 0 saturated carbocycles. The zero-order valence-electron chi connectivity index (χ0n) is 14.7. The number of benzene rings is 3. The van der Waals surface area contributed by atoms with E-state index in [4.69, 9.17) is 9.98 Å². The molecule has 1 aliphatic heterocycles. The lowest BCUT2D eigenvalue weighted by molar-refractivity contribution is -0.384. The van der Waals surface area contributed by atoms with Crippen molar-refractivity contribution in [2.45, 2.75) is 12.6 Å². The summed E-state index contributed by atoms with van der Waals surface area (Å²) in [4.78, 5) is 20.4. The van der Waals surface area contributed by atoms with E-state index in [0.717, 1.165) is 28.1 Å². The maximum Gasteiger partial charge on any atom is 0.269 e. The summed E-state index contributed by atoms with van der Waals surface area (Å²) in [7, 11) is 0. The standard InChI is InChI=1S/C22H17N3O2/c1-22(18-12-14-19(15-13-18)25(26)27)23-20(16-8-4-2-5-9-16)21(24-22)17-10-6-3-7-11-17/h2-15H,1H3. The van der Waals surface area contributed by atoms with Crippen LogP contribution >= 0.6 is 0 Å². The van der Waals surface area contributed by atoms with Crippen molar-refractivity contribution in [3.05, 3.63) is 112 Å². The zero-order chi connectivity index (χ0) is 18.9. The van der Waals surface area contributed by atoms with Gasteiger partial charge < -0.3 is 0 Å². The van der Waals surface area contributed by atoms with Gasteiger partial charge in [-0.3, -0.25) is 10.1 Å². The molecular formula is C22H17N3O2. The van der Waals surface area contributed by atoms with E-state index in [1.54, 1.807) is 12.1 Å². The highest BCUT2D eigenvalue weighted by atomic mass is 16.6. The minimum absolute atomic E-state index is 0.0554. The lowest BCUT2D eigenvalue weighted by Crippen LogP contribution is -2.13. The van der Waals surface area contributed by atoms with Gasteiger partial charge in [-0.2, -0.15) is 0 Å². The number of hydrogen-bond donors (Lipinski definition) is 0. The minimum Gasteiger partial charge on any atom is -0.258 e. The summed E-state index contributed by atoms with van der Waals surface area (Å²) >= 11 is 0. The van der Waals surface area contributed by atoms with E-state index in [9.17, 15) is 10.1 Å². The molecule has 0 atom stereocenters. The molecule has 1 aliphatic rings. The fourth-order valence-corrected chi connectivity index (χ4v) is 3.19. The average molecular weight is 355 g/mol. The molecule has 1 heterocycles. The zero-order valence-corrected chi connectivity index (χ0v) is 14.7. The smallest absolute Gasteiger partial charge is 0.258 e. The molecule has 0 saturated heterocycles. The minimum atomic E-state index is -0.828. The Morgan fingerprint density at radius 1 is 0.741 bits per heavy atom. The predicted molar refractivity (Wildman–Crippen MR) is 106 cm³/mol. The van der Waals surface area contributed by atoms with Crippen LogP contribution in [-0.2, 0) is 5.66 Å². The fraction of sp³-hybridized carbons (Fsp3) is 0.0909. The van der Waals surface area contributed by atoms with Crippen molar-refractivity contribution in [1.82, 2.24) is 0 Å². The van der Waals surface area contributed by atoms with Crippen molar-refractivity contribution >= 4 is 17.1 Å². The van der Waals surface area contributed by atoms with Gasteiger partial charge in [-0.05, 0) is 19.1 Å². The van der Waals surface area contributed by atoms with Crippen molar-refractivity contribution in [3.8, 4) is 0 Å². The molecule has 0 unspecified atom stereocenters. The van der Waals surface area contributed by atoms with Crippen molar-refractivity contribution in [1.29, 1.82) is 0 Å². The summed E-state index contributed by atoms with van der Waals surface area (Å²) in [6, 6.07) is 26.3. The maximum atomic E-state index is 10.9. The molecule has 4 rings (SSSR count). The summed E-state index contributed by atoms with van der Waals surface area (Å²) in [5.74, 6) is 0. The van der Waals surface area contributed by atoms with Crippen LogP contribution in [0.15, 0.2) is 94.9 Å². The molecule has 132 valence electrons. The molecule has 3 aromatic carbocycles. The first-order valence-corrected chi connectivity index (χ1v) is 8.63. The second kappa shape index (κ2) is 6.61. The Balaban J connectivity index is 1.84. The normalized spacial score (nSPS) is 15.1. The summed E-state index contributed by atoms with van der Waals surface area (Å²) in [5, 5.41) is 10.9. The number of nitro benzene ring substituents is 1. The monoisotopic (exact) mass is 355 g/mol. The quantitative estimate of drug-likeness (QED) is 0.500. The topological polar surface area (TPSA) is 67.9 Å². The van der Waals surface area contributed by atoms with Crippen molar-refractivity contribution in [3.63, 3.8) is 0 Å². The van der Waals surface area contributed by atoms with Gasteiger partial charge in [-0.15, -0.1) is 0 Å². The molecule has 3 aromatic rings. The lowest BCUT2D eigenvalue weighted by atomic mass is 10.0. The van der Waals surface area contributed by atoms with Crippen molar-refractivity contribution in [2.24, 2.45) is 9.98 Å². The van der Waals surface area contributed by atoms with E-state index in [1.165, 1.54) is 12.1 Å². The second-order valence-electron chi connectivity index (χ2n) is 6.48. The van der Waals surface area contributed by atoms with Gasteiger partial charge in [0.05, 0.1) is 16.3 Å². The van der Waals surface area contributed by atoms with Crippen LogP contribution in [0, 0.1) is 10.1 Å². The number of aliphatic imine (C=N–C) groups is 2. The largest absolute Gasteiger partial charge is 0.269 e. The first-order valence-electron chi connectivity index (χ1n) is 8.63. The third-order valence-electron chi connectivity index (χ3n) is 4.60. The predicted octanol–water partition coefficient (Wildman–Crippen LogP) is 4.76. The molecule has 0 aromatic heterocycles. The Morgan fingerprint density at radius 3 is 1.59 bits per heavy atom. The molecular weight excluding hydrogens is 338 g/mol. The third-order valence-corrected chi connectivity index (χ3v) is 4.60. The first-order chi connectivity index (χ1) is 13.1. The molecule has 0 bridgehead atoms.